The van der Waals surface area contributed by atoms with E-state index in [0.29, 0.717) is 60.2 Å². The molecule has 4 heterocycles. The number of halogens is 3. The first-order valence-corrected chi connectivity index (χ1v) is 19.6. The van der Waals surface area contributed by atoms with E-state index in [-0.39, 0.29) is 48.2 Å². The molecule has 7 rings (SSSR count). The van der Waals surface area contributed by atoms with Gasteiger partial charge in [0.15, 0.2) is 0 Å². The molecule has 2 aliphatic heterocycles. The Morgan fingerprint density at radius 2 is 1.72 bits per heavy atom. The van der Waals surface area contributed by atoms with E-state index in [4.69, 9.17) is 4.98 Å². The highest BCUT2D eigenvalue weighted by atomic mass is 32.1. The topological polar surface area (TPSA) is 174 Å². The highest BCUT2D eigenvalue weighted by Crippen LogP contribution is 2.42. The molecule has 2 aromatic carbocycles. The largest absolute Gasteiger partial charge is 0.433 e. The van der Waals surface area contributed by atoms with Crippen LogP contribution in [0.15, 0.2) is 48.5 Å². The summed E-state index contributed by atoms with van der Waals surface area (Å²) in [6, 6.07) is 11.1. The Bertz CT molecular complexity index is 2250. The zero-order valence-corrected chi connectivity index (χ0v) is 32.4. The first-order chi connectivity index (χ1) is 27.0. The molecule has 0 radical (unpaired) electrons. The summed E-state index contributed by atoms with van der Waals surface area (Å²) in [6.45, 7) is 4.02. The SMILES string of the molecule is CN(CCNc1cccc2c1C(=O)N(C1CCC(=O)NC1)C2=O)C(=O)C1CCC(c2nc3cc(C(C)(C)O)c(NC(=O)c4cccc(C(F)(F)F)n4)cc3s2)CC1. The fourth-order valence-corrected chi connectivity index (χ4v) is 8.93. The predicted octanol–water partition coefficient (Wildman–Crippen LogP) is 5.91. The minimum absolute atomic E-state index is 0.0140. The van der Waals surface area contributed by atoms with Crippen molar-refractivity contribution in [3.63, 3.8) is 0 Å². The number of fused-ring (bicyclic) bond motifs is 2. The molecule has 4 aromatic rings. The van der Waals surface area contributed by atoms with Crippen LogP contribution in [-0.4, -0.2) is 87.1 Å². The van der Waals surface area contributed by atoms with Gasteiger partial charge in [-0.25, -0.2) is 9.97 Å². The number of carbonyl (C=O) groups is 5. The zero-order chi connectivity index (χ0) is 40.8. The number of anilines is 2. The average molecular weight is 806 g/mol. The third kappa shape index (κ3) is 8.21. The van der Waals surface area contributed by atoms with Crippen molar-refractivity contribution in [2.75, 3.05) is 37.3 Å². The minimum Gasteiger partial charge on any atom is -0.386 e. The molecule has 2 fully saturated rings. The van der Waals surface area contributed by atoms with Gasteiger partial charge in [-0.2, -0.15) is 13.2 Å². The molecule has 1 aliphatic carbocycles. The highest BCUT2D eigenvalue weighted by molar-refractivity contribution is 7.18. The molecule has 0 bridgehead atoms. The molecule has 5 amide bonds. The van der Waals surface area contributed by atoms with Crippen molar-refractivity contribution in [1.29, 1.82) is 0 Å². The number of pyridine rings is 1. The number of likely N-dealkylation sites (N-methyl/N-ethyl adjacent to an activating group) is 1. The van der Waals surface area contributed by atoms with Crippen LogP contribution in [0.5, 0.6) is 0 Å². The molecular weight excluding hydrogens is 764 g/mol. The van der Waals surface area contributed by atoms with Crippen molar-refractivity contribution >= 4 is 62.5 Å². The van der Waals surface area contributed by atoms with E-state index < -0.39 is 41.0 Å². The van der Waals surface area contributed by atoms with Gasteiger partial charge in [0.2, 0.25) is 11.8 Å². The Morgan fingerprint density at radius 3 is 2.40 bits per heavy atom. The van der Waals surface area contributed by atoms with E-state index in [9.17, 15) is 42.3 Å². The third-order valence-corrected chi connectivity index (χ3v) is 12.0. The van der Waals surface area contributed by atoms with Crippen molar-refractivity contribution in [3.05, 3.63) is 81.6 Å². The van der Waals surface area contributed by atoms with Gasteiger partial charge in [0, 0.05) is 61.9 Å². The summed E-state index contributed by atoms with van der Waals surface area (Å²) in [6.07, 6.45) is -1.31. The number of aromatic nitrogens is 2. The van der Waals surface area contributed by atoms with Crippen LogP contribution in [0, 0.1) is 5.92 Å². The minimum atomic E-state index is -4.72. The fourth-order valence-electron chi connectivity index (χ4n) is 7.77. The van der Waals surface area contributed by atoms with Gasteiger partial charge in [0.1, 0.15) is 11.4 Å². The summed E-state index contributed by atoms with van der Waals surface area (Å²) in [7, 11) is 1.74. The van der Waals surface area contributed by atoms with E-state index in [1.807, 2.05) is 0 Å². The lowest BCUT2D eigenvalue weighted by Crippen LogP contribution is -2.50. The number of hydrogen-bond acceptors (Lipinski definition) is 10. The number of carbonyl (C=O) groups excluding carboxylic acids is 5. The first kappa shape index (κ1) is 39.8. The third-order valence-electron chi connectivity index (χ3n) is 10.8. The Balaban J connectivity index is 0.956. The molecule has 1 atom stereocenters. The number of nitrogens with one attached hydrogen (secondary N) is 3. The lowest BCUT2D eigenvalue weighted by Gasteiger charge is -2.30. The number of rotatable bonds is 10. The molecule has 1 saturated heterocycles. The number of piperidine rings is 1. The molecular formula is C40H42F3N7O6S. The van der Waals surface area contributed by atoms with Crippen LogP contribution in [0.2, 0.25) is 0 Å². The maximum atomic E-state index is 13.5. The van der Waals surface area contributed by atoms with Crippen molar-refractivity contribution < 1.29 is 42.3 Å². The standard InChI is InChI=1S/C40H42F3N7O6S/c1-39(2,56)25-18-29-30(19-28(25)47-34(52)27-8-5-9-31(46-27)40(41,42)43)57-35(48-29)21-10-12-22(13-11-21)36(53)49(3)17-16-44-26-7-4-6-24-33(26)38(55)50(37(24)54)23-14-15-32(51)45-20-23/h4-9,18-19,21-23,44,56H,10-17,20H2,1-3H3,(H,45,51)(H,47,52). The van der Waals surface area contributed by atoms with E-state index >= 15 is 0 Å². The van der Waals surface area contributed by atoms with Crippen LogP contribution in [-0.2, 0) is 21.4 Å². The summed E-state index contributed by atoms with van der Waals surface area (Å²) in [5.41, 5.74) is -0.718. The Labute approximate surface area is 330 Å². The lowest BCUT2D eigenvalue weighted by atomic mass is 9.81. The second-order valence-corrected chi connectivity index (χ2v) is 16.3. The van der Waals surface area contributed by atoms with Gasteiger partial charge in [-0.3, -0.25) is 28.9 Å². The molecule has 2 aromatic heterocycles. The van der Waals surface area contributed by atoms with E-state index in [2.05, 4.69) is 20.9 Å². The van der Waals surface area contributed by atoms with Crippen molar-refractivity contribution in [2.24, 2.45) is 5.92 Å². The molecule has 4 N–H and O–H groups in total. The fraction of sp³-hybridized carbons (Fsp3) is 0.425. The predicted molar refractivity (Wildman–Crippen MR) is 206 cm³/mol. The van der Waals surface area contributed by atoms with Crippen molar-refractivity contribution in [1.82, 2.24) is 25.1 Å². The van der Waals surface area contributed by atoms with Crippen LogP contribution in [0.3, 0.4) is 0 Å². The van der Waals surface area contributed by atoms with E-state index in [0.717, 1.165) is 34.7 Å². The molecule has 3 aliphatic rings. The Kier molecular flexibility index (Phi) is 10.8. The average Bonchev–Trinajstić information content (AvgIpc) is 3.71. The summed E-state index contributed by atoms with van der Waals surface area (Å²) in [4.78, 5) is 76.0. The number of imide groups is 1. The number of benzene rings is 2. The molecule has 1 unspecified atom stereocenters. The normalized spacial score (nSPS) is 20.0. The maximum absolute atomic E-state index is 13.5. The second kappa shape index (κ2) is 15.5. The molecule has 300 valence electrons. The molecule has 13 nitrogen and oxygen atoms in total. The Hall–Kier alpha value is -5.42. The van der Waals surface area contributed by atoms with Gasteiger partial charge in [-0.15, -0.1) is 11.3 Å². The number of amides is 5. The monoisotopic (exact) mass is 805 g/mol. The van der Waals surface area contributed by atoms with Gasteiger partial charge in [-0.1, -0.05) is 12.1 Å². The lowest BCUT2D eigenvalue weighted by molar-refractivity contribution is -0.141. The first-order valence-electron chi connectivity index (χ1n) is 18.8. The van der Waals surface area contributed by atoms with Gasteiger partial charge < -0.3 is 26.0 Å². The molecule has 1 saturated carbocycles. The van der Waals surface area contributed by atoms with Gasteiger partial charge in [-0.05, 0) is 82.3 Å². The number of nitrogens with zero attached hydrogens (tertiary/aromatic N) is 4. The summed E-state index contributed by atoms with van der Waals surface area (Å²) >= 11 is 1.43. The van der Waals surface area contributed by atoms with Crippen molar-refractivity contribution in [3.8, 4) is 0 Å². The molecule has 17 heteroatoms. The number of aliphatic hydroxyl groups is 1. The van der Waals surface area contributed by atoms with Crippen LogP contribution in [0.4, 0.5) is 24.5 Å². The summed E-state index contributed by atoms with van der Waals surface area (Å²) in [5, 5.41) is 20.4. The van der Waals surface area contributed by atoms with Crippen LogP contribution in [0.25, 0.3) is 10.2 Å². The molecule has 57 heavy (non-hydrogen) atoms. The van der Waals surface area contributed by atoms with E-state index in [1.165, 1.54) is 36.2 Å². The summed E-state index contributed by atoms with van der Waals surface area (Å²) in [5.74, 6) is -1.82. The zero-order valence-electron chi connectivity index (χ0n) is 31.5. The smallest absolute Gasteiger partial charge is 0.386 e. The number of thiazole rings is 1. The summed E-state index contributed by atoms with van der Waals surface area (Å²) < 4.78 is 40.4. The van der Waals surface area contributed by atoms with Gasteiger partial charge in [0.05, 0.1) is 38.0 Å². The number of alkyl halides is 3. The quantitative estimate of drug-likeness (QED) is 0.142. The highest BCUT2D eigenvalue weighted by Gasteiger charge is 2.42. The van der Waals surface area contributed by atoms with Gasteiger partial charge in [0.25, 0.3) is 17.7 Å². The van der Waals surface area contributed by atoms with Crippen LogP contribution < -0.4 is 16.0 Å². The van der Waals surface area contributed by atoms with Crippen LogP contribution in [0.1, 0.15) is 106 Å². The molecule has 0 spiro atoms. The van der Waals surface area contributed by atoms with Crippen molar-refractivity contribution in [2.45, 2.75) is 76.1 Å². The van der Waals surface area contributed by atoms with Gasteiger partial charge >= 0.3 is 6.18 Å². The van der Waals surface area contributed by atoms with Crippen LogP contribution >= 0.6 is 11.3 Å². The Morgan fingerprint density at radius 1 is 0.982 bits per heavy atom. The number of hydrogen-bond donors (Lipinski definition) is 4. The van der Waals surface area contributed by atoms with E-state index in [1.54, 1.807) is 42.3 Å². The maximum Gasteiger partial charge on any atom is 0.433 e. The second-order valence-electron chi connectivity index (χ2n) is 15.3.